The molecule has 1 aliphatic rings. The smallest absolute Gasteiger partial charge is 0.224 e. The van der Waals surface area contributed by atoms with Gasteiger partial charge in [0.25, 0.3) is 0 Å². The number of anilines is 2. The Morgan fingerprint density at radius 2 is 1.88 bits per heavy atom. The van der Waals surface area contributed by atoms with Crippen molar-refractivity contribution in [1.29, 1.82) is 0 Å². The van der Waals surface area contributed by atoms with E-state index in [9.17, 15) is 4.79 Å². The number of amides is 1. The molecule has 1 aromatic heterocycles. The number of oxazole rings is 1. The van der Waals surface area contributed by atoms with Gasteiger partial charge in [0.15, 0.2) is 11.7 Å². The molecule has 1 saturated heterocycles. The molecule has 2 heterocycles. The number of nitrogens with one attached hydrogen (secondary N) is 1. The first-order valence-corrected chi connectivity index (χ1v) is 11.5. The number of benzene rings is 2. The van der Waals surface area contributed by atoms with Crippen LogP contribution in [0, 0.1) is 6.92 Å². The second kappa shape index (κ2) is 10.5. The van der Waals surface area contributed by atoms with Gasteiger partial charge in [0.1, 0.15) is 5.75 Å². The van der Waals surface area contributed by atoms with E-state index in [0.717, 1.165) is 55.3 Å². The van der Waals surface area contributed by atoms with E-state index in [1.54, 1.807) is 13.3 Å². The minimum absolute atomic E-state index is 0.0494. The lowest BCUT2D eigenvalue weighted by Gasteiger charge is -2.35. The number of ether oxygens (including phenoxy) is 1. The monoisotopic (exact) mass is 448 g/mol. The molecule has 0 saturated carbocycles. The van der Waals surface area contributed by atoms with E-state index in [1.807, 2.05) is 37.3 Å². The first kappa shape index (κ1) is 22.9. The van der Waals surface area contributed by atoms with Gasteiger partial charge in [0.05, 0.1) is 13.3 Å². The lowest BCUT2D eigenvalue weighted by atomic mass is 10.1. The van der Waals surface area contributed by atoms with Gasteiger partial charge in [-0.2, -0.15) is 0 Å². The van der Waals surface area contributed by atoms with Gasteiger partial charge in [0.2, 0.25) is 5.91 Å². The zero-order chi connectivity index (χ0) is 23.2. The lowest BCUT2D eigenvalue weighted by molar-refractivity contribution is -0.116. The van der Waals surface area contributed by atoms with Crippen LogP contribution < -0.4 is 15.0 Å². The number of rotatable bonds is 8. The quantitative estimate of drug-likeness (QED) is 0.552. The van der Waals surface area contributed by atoms with Crippen molar-refractivity contribution in [2.75, 3.05) is 50.1 Å². The Kier molecular flexibility index (Phi) is 7.29. The Morgan fingerprint density at radius 3 is 2.55 bits per heavy atom. The normalized spacial score (nSPS) is 14.3. The molecule has 0 radical (unpaired) electrons. The van der Waals surface area contributed by atoms with Crippen LogP contribution in [-0.2, 0) is 11.2 Å². The molecule has 33 heavy (non-hydrogen) atoms. The van der Waals surface area contributed by atoms with Crippen LogP contribution in [0.15, 0.2) is 53.1 Å². The predicted octanol–water partition coefficient (Wildman–Crippen LogP) is 4.37. The van der Waals surface area contributed by atoms with Crippen LogP contribution in [0.5, 0.6) is 5.75 Å². The van der Waals surface area contributed by atoms with Crippen molar-refractivity contribution in [3.8, 4) is 17.1 Å². The number of carbonyl (C=O) groups is 1. The highest BCUT2D eigenvalue weighted by molar-refractivity contribution is 5.91. The third kappa shape index (κ3) is 5.73. The number of aromatic nitrogens is 1. The number of hydrogen-bond acceptors (Lipinski definition) is 6. The van der Waals surface area contributed by atoms with Gasteiger partial charge in [-0.1, -0.05) is 6.92 Å². The number of likely N-dealkylation sites (N-methyl/N-ethyl adjacent to an activating group) is 1. The largest absolute Gasteiger partial charge is 0.497 e. The highest BCUT2D eigenvalue weighted by atomic mass is 16.5. The van der Waals surface area contributed by atoms with E-state index in [-0.39, 0.29) is 5.91 Å². The Balaban J connectivity index is 1.29. The molecule has 0 aliphatic carbocycles. The summed E-state index contributed by atoms with van der Waals surface area (Å²) in [5, 5.41) is 3.03. The van der Waals surface area contributed by atoms with E-state index in [1.165, 1.54) is 5.69 Å². The highest BCUT2D eigenvalue weighted by Gasteiger charge is 2.17. The second-order valence-corrected chi connectivity index (χ2v) is 8.32. The minimum Gasteiger partial charge on any atom is -0.497 e. The van der Waals surface area contributed by atoms with E-state index in [0.29, 0.717) is 24.5 Å². The molecule has 1 N–H and O–H groups in total. The van der Waals surface area contributed by atoms with Gasteiger partial charge in [-0.05, 0) is 61.5 Å². The molecule has 1 fully saturated rings. The third-order valence-electron chi connectivity index (χ3n) is 6.16. The molecule has 3 aromatic rings. The van der Waals surface area contributed by atoms with Crippen molar-refractivity contribution in [3.63, 3.8) is 0 Å². The fourth-order valence-electron chi connectivity index (χ4n) is 4.05. The first-order chi connectivity index (χ1) is 16.1. The van der Waals surface area contributed by atoms with Crippen molar-refractivity contribution in [3.05, 3.63) is 60.1 Å². The Hall–Kier alpha value is -3.32. The number of hydrogen-bond donors (Lipinski definition) is 1. The van der Waals surface area contributed by atoms with Gasteiger partial charge >= 0.3 is 0 Å². The first-order valence-electron chi connectivity index (χ1n) is 11.5. The van der Waals surface area contributed by atoms with E-state index in [2.05, 4.69) is 39.2 Å². The average molecular weight is 449 g/mol. The fourth-order valence-corrected chi connectivity index (χ4v) is 4.05. The van der Waals surface area contributed by atoms with E-state index < -0.39 is 0 Å². The number of nitrogens with zero attached hydrogens (tertiary/aromatic N) is 3. The van der Waals surface area contributed by atoms with Crippen LogP contribution in [0.25, 0.3) is 11.3 Å². The molecule has 4 rings (SSSR count). The molecule has 174 valence electrons. The molecule has 0 bridgehead atoms. The molecule has 1 aliphatic heterocycles. The zero-order valence-corrected chi connectivity index (χ0v) is 19.6. The standard InChI is InChI=1S/C26H32N4O3/c1-4-29-13-15-30(16-14-29)21-7-10-23(19(2)17-21)28-25(31)11-12-26-27-18-24(33-26)20-5-8-22(32-3)9-6-20/h5-10,17-18H,4,11-16H2,1-3H3,(H,28,31). The average Bonchev–Trinajstić information content (AvgIpc) is 3.33. The maximum Gasteiger partial charge on any atom is 0.224 e. The van der Waals surface area contributed by atoms with E-state index >= 15 is 0 Å². The summed E-state index contributed by atoms with van der Waals surface area (Å²) in [6.07, 6.45) is 2.45. The van der Waals surface area contributed by atoms with Crippen LogP contribution >= 0.6 is 0 Å². The summed E-state index contributed by atoms with van der Waals surface area (Å²) < 4.78 is 11.0. The van der Waals surface area contributed by atoms with Crippen LogP contribution in [0.3, 0.4) is 0 Å². The van der Waals surface area contributed by atoms with Crippen LogP contribution in [0.2, 0.25) is 0 Å². The van der Waals surface area contributed by atoms with Gasteiger partial charge in [-0.15, -0.1) is 0 Å². The molecule has 0 spiro atoms. The third-order valence-corrected chi connectivity index (χ3v) is 6.16. The lowest BCUT2D eigenvalue weighted by Crippen LogP contribution is -2.46. The van der Waals surface area contributed by atoms with Crippen LogP contribution in [0.1, 0.15) is 24.8 Å². The zero-order valence-electron chi connectivity index (χ0n) is 19.6. The highest BCUT2D eigenvalue weighted by Crippen LogP contribution is 2.25. The minimum atomic E-state index is -0.0494. The summed E-state index contributed by atoms with van der Waals surface area (Å²) in [5.74, 6) is 1.97. The summed E-state index contributed by atoms with van der Waals surface area (Å²) in [5.41, 5.74) is 4.05. The second-order valence-electron chi connectivity index (χ2n) is 8.32. The molecule has 0 unspecified atom stereocenters. The molecular weight excluding hydrogens is 416 g/mol. The Bertz CT molecular complexity index is 1070. The maximum atomic E-state index is 12.5. The van der Waals surface area contributed by atoms with Crippen molar-refractivity contribution >= 4 is 17.3 Å². The summed E-state index contributed by atoms with van der Waals surface area (Å²) in [4.78, 5) is 21.7. The maximum absolute atomic E-state index is 12.5. The van der Waals surface area contributed by atoms with Crippen molar-refractivity contribution in [2.24, 2.45) is 0 Å². The van der Waals surface area contributed by atoms with Crippen LogP contribution in [0.4, 0.5) is 11.4 Å². The number of piperazine rings is 1. The number of methoxy groups -OCH3 is 1. The SMILES string of the molecule is CCN1CCN(c2ccc(NC(=O)CCc3ncc(-c4ccc(OC)cc4)o3)c(C)c2)CC1. The number of carbonyl (C=O) groups excluding carboxylic acids is 1. The summed E-state index contributed by atoms with van der Waals surface area (Å²) in [6, 6.07) is 13.9. The van der Waals surface area contributed by atoms with Crippen LogP contribution in [-0.4, -0.2) is 55.6 Å². The summed E-state index contributed by atoms with van der Waals surface area (Å²) >= 11 is 0. The van der Waals surface area contributed by atoms with Crippen molar-refractivity contribution in [1.82, 2.24) is 9.88 Å². The Morgan fingerprint density at radius 1 is 1.12 bits per heavy atom. The van der Waals surface area contributed by atoms with Gasteiger partial charge < -0.3 is 24.3 Å². The number of aryl methyl sites for hydroxylation is 2. The summed E-state index contributed by atoms with van der Waals surface area (Å²) in [6.45, 7) is 9.61. The topological polar surface area (TPSA) is 70.8 Å². The molecular formula is C26H32N4O3. The summed E-state index contributed by atoms with van der Waals surface area (Å²) in [7, 11) is 1.64. The molecule has 0 atom stereocenters. The predicted molar refractivity (Wildman–Crippen MR) is 131 cm³/mol. The molecule has 1 amide bonds. The van der Waals surface area contributed by atoms with Crippen molar-refractivity contribution in [2.45, 2.75) is 26.7 Å². The van der Waals surface area contributed by atoms with Gasteiger partial charge in [0, 0.05) is 56.0 Å². The Labute approximate surface area is 195 Å². The van der Waals surface area contributed by atoms with Gasteiger partial charge in [-0.25, -0.2) is 4.98 Å². The molecule has 7 heteroatoms. The molecule has 7 nitrogen and oxygen atoms in total. The van der Waals surface area contributed by atoms with E-state index in [4.69, 9.17) is 9.15 Å². The van der Waals surface area contributed by atoms with Crippen molar-refractivity contribution < 1.29 is 13.9 Å². The molecule has 2 aromatic carbocycles. The van der Waals surface area contributed by atoms with Gasteiger partial charge in [-0.3, -0.25) is 4.79 Å². The fraction of sp³-hybridized carbons (Fsp3) is 0.385.